The van der Waals surface area contributed by atoms with Gasteiger partial charge >= 0.3 is 6.61 Å². The van der Waals surface area contributed by atoms with Crippen molar-refractivity contribution in [1.82, 2.24) is 10.6 Å². The number of ether oxygens (including phenoxy) is 1. The smallest absolute Gasteiger partial charge is 0.387 e. The van der Waals surface area contributed by atoms with Crippen molar-refractivity contribution in [2.75, 3.05) is 5.32 Å². The van der Waals surface area contributed by atoms with Gasteiger partial charge in [-0.05, 0) is 55.0 Å². The van der Waals surface area contributed by atoms with Gasteiger partial charge in [0.25, 0.3) is 5.91 Å². The molecule has 5 nitrogen and oxygen atoms in total. The molecule has 9 heteroatoms. The van der Waals surface area contributed by atoms with Crippen LogP contribution < -0.4 is 20.7 Å². The number of thiocarbonyl (C=S) groups is 1. The Morgan fingerprint density at radius 3 is 2.61 bits per heavy atom. The van der Waals surface area contributed by atoms with Gasteiger partial charge in [0.1, 0.15) is 5.75 Å². The van der Waals surface area contributed by atoms with Crippen LogP contribution in [0.5, 0.6) is 5.75 Å². The first kappa shape index (κ1) is 20.0. The molecule has 0 bridgehead atoms. The first-order valence-electron chi connectivity index (χ1n) is 8.23. The Bertz CT molecular complexity index is 935. The maximum absolute atomic E-state index is 12.9. The van der Waals surface area contributed by atoms with Crippen LogP contribution >= 0.6 is 23.8 Å². The monoisotopic (exact) mass is 423 g/mol. The highest BCUT2D eigenvalue weighted by Gasteiger charge is 2.30. The summed E-state index contributed by atoms with van der Waals surface area (Å²) < 4.78 is 29.1. The molecule has 28 heavy (non-hydrogen) atoms. The van der Waals surface area contributed by atoms with Crippen LogP contribution in [0.2, 0.25) is 5.02 Å². The van der Waals surface area contributed by atoms with E-state index in [1.54, 1.807) is 43.3 Å². The van der Waals surface area contributed by atoms with Crippen molar-refractivity contribution in [3.05, 3.63) is 70.4 Å². The molecule has 3 rings (SSSR count). The third-order valence-corrected chi connectivity index (χ3v) is 4.49. The van der Waals surface area contributed by atoms with Crippen LogP contribution in [0.4, 0.5) is 14.5 Å². The van der Waals surface area contributed by atoms with Gasteiger partial charge in [-0.1, -0.05) is 29.8 Å². The van der Waals surface area contributed by atoms with Crippen molar-refractivity contribution in [1.29, 1.82) is 0 Å². The van der Waals surface area contributed by atoms with E-state index in [0.717, 1.165) is 0 Å². The quantitative estimate of drug-likeness (QED) is 0.623. The molecule has 1 aliphatic heterocycles. The highest BCUT2D eigenvalue weighted by molar-refractivity contribution is 7.80. The van der Waals surface area contributed by atoms with Crippen LogP contribution in [-0.2, 0) is 4.79 Å². The van der Waals surface area contributed by atoms with Gasteiger partial charge in [-0.15, -0.1) is 0 Å². The molecule has 0 unspecified atom stereocenters. The fraction of sp³-hybridized carbons (Fsp3) is 0.158. The molecule has 3 N–H and O–H groups in total. The Kier molecular flexibility index (Phi) is 6.11. The highest BCUT2D eigenvalue weighted by atomic mass is 35.5. The van der Waals surface area contributed by atoms with E-state index in [1.165, 1.54) is 12.1 Å². The van der Waals surface area contributed by atoms with E-state index < -0.39 is 12.7 Å². The number of hydrogen-bond acceptors (Lipinski definition) is 3. The first-order chi connectivity index (χ1) is 13.3. The van der Waals surface area contributed by atoms with Gasteiger partial charge in [-0.25, -0.2) is 0 Å². The highest BCUT2D eigenvalue weighted by Crippen LogP contribution is 2.29. The third kappa shape index (κ3) is 4.76. The fourth-order valence-corrected chi connectivity index (χ4v) is 3.31. The van der Waals surface area contributed by atoms with Crippen molar-refractivity contribution >= 4 is 40.5 Å². The number of carbonyl (C=O) groups is 1. The topological polar surface area (TPSA) is 62.4 Å². The molecule has 146 valence electrons. The van der Waals surface area contributed by atoms with Gasteiger partial charge in [0.05, 0.1) is 11.6 Å². The number of halogens is 3. The molecule has 1 atom stereocenters. The number of nitrogens with one attached hydrogen (secondary N) is 3. The zero-order valence-corrected chi connectivity index (χ0v) is 16.2. The summed E-state index contributed by atoms with van der Waals surface area (Å²) in [5.74, 6) is -0.318. The van der Waals surface area contributed by atoms with Crippen LogP contribution in [0.25, 0.3) is 0 Å². The van der Waals surface area contributed by atoms with Crippen molar-refractivity contribution in [2.45, 2.75) is 19.6 Å². The second kappa shape index (κ2) is 8.53. The maximum Gasteiger partial charge on any atom is 0.387 e. The minimum absolute atomic E-state index is 0.0286. The lowest BCUT2D eigenvalue weighted by Crippen LogP contribution is -2.45. The van der Waals surface area contributed by atoms with Gasteiger partial charge < -0.3 is 20.7 Å². The zero-order chi connectivity index (χ0) is 20.3. The number of anilines is 1. The Labute approximate surface area is 170 Å². The number of allylic oxidation sites excluding steroid dienone is 1. The Balaban J connectivity index is 1.89. The summed E-state index contributed by atoms with van der Waals surface area (Å²) in [6.07, 6.45) is 0. The second-order valence-corrected chi connectivity index (χ2v) is 6.83. The summed E-state index contributed by atoms with van der Waals surface area (Å²) in [4.78, 5) is 12.9. The van der Waals surface area contributed by atoms with Crippen molar-refractivity contribution in [3.8, 4) is 5.75 Å². The number of amides is 1. The van der Waals surface area contributed by atoms with Crippen LogP contribution in [0, 0.1) is 0 Å². The minimum Gasteiger partial charge on any atom is -0.435 e. The van der Waals surface area contributed by atoms with Crippen LogP contribution in [0.15, 0.2) is 59.8 Å². The van der Waals surface area contributed by atoms with Gasteiger partial charge in [0.15, 0.2) is 5.11 Å². The summed E-state index contributed by atoms with van der Waals surface area (Å²) in [5.41, 5.74) is 2.21. The van der Waals surface area contributed by atoms with E-state index in [4.69, 9.17) is 23.8 Å². The lowest BCUT2D eigenvalue weighted by molar-refractivity contribution is -0.113. The van der Waals surface area contributed by atoms with E-state index in [1.807, 2.05) is 0 Å². The predicted octanol–water partition coefficient (Wildman–Crippen LogP) is 4.37. The number of benzene rings is 2. The normalized spacial score (nSPS) is 16.5. The zero-order valence-electron chi connectivity index (χ0n) is 14.6. The number of hydrogen-bond donors (Lipinski definition) is 3. The van der Waals surface area contributed by atoms with E-state index in [0.29, 0.717) is 32.7 Å². The lowest BCUT2D eigenvalue weighted by Gasteiger charge is -2.30. The Morgan fingerprint density at radius 2 is 1.96 bits per heavy atom. The van der Waals surface area contributed by atoms with E-state index >= 15 is 0 Å². The van der Waals surface area contributed by atoms with Crippen molar-refractivity contribution in [3.63, 3.8) is 0 Å². The Morgan fingerprint density at radius 1 is 1.25 bits per heavy atom. The molecule has 1 heterocycles. The van der Waals surface area contributed by atoms with Crippen LogP contribution in [0.1, 0.15) is 18.5 Å². The molecule has 0 fully saturated rings. The second-order valence-electron chi connectivity index (χ2n) is 5.98. The summed E-state index contributed by atoms with van der Waals surface area (Å²) >= 11 is 11.2. The van der Waals surface area contributed by atoms with E-state index in [-0.39, 0.29) is 11.7 Å². The molecular weight excluding hydrogens is 408 g/mol. The largest absolute Gasteiger partial charge is 0.435 e. The molecule has 1 aliphatic rings. The first-order valence-corrected chi connectivity index (χ1v) is 9.02. The van der Waals surface area contributed by atoms with Crippen molar-refractivity contribution in [2.24, 2.45) is 0 Å². The molecule has 0 aliphatic carbocycles. The fourth-order valence-electron chi connectivity index (χ4n) is 2.85. The molecule has 2 aromatic rings. The van der Waals surface area contributed by atoms with Gasteiger partial charge in [-0.3, -0.25) is 4.79 Å². The summed E-state index contributed by atoms with van der Waals surface area (Å²) in [6, 6.07) is 12.3. The molecule has 1 amide bonds. The number of rotatable bonds is 5. The molecule has 0 aromatic heterocycles. The molecule has 0 saturated heterocycles. The van der Waals surface area contributed by atoms with Gasteiger partial charge in [0, 0.05) is 16.4 Å². The number of carbonyl (C=O) groups excluding carboxylic acids is 1. The predicted molar refractivity (Wildman–Crippen MR) is 107 cm³/mol. The van der Waals surface area contributed by atoms with Gasteiger partial charge in [-0.2, -0.15) is 8.78 Å². The summed E-state index contributed by atoms with van der Waals surface area (Å²) in [5, 5.41) is 9.63. The van der Waals surface area contributed by atoms with Crippen LogP contribution in [-0.4, -0.2) is 17.6 Å². The summed E-state index contributed by atoms with van der Waals surface area (Å²) in [6.45, 7) is -1.17. The van der Waals surface area contributed by atoms with Crippen LogP contribution in [0.3, 0.4) is 0 Å². The maximum atomic E-state index is 12.9. The summed E-state index contributed by atoms with van der Waals surface area (Å²) in [7, 11) is 0. The molecule has 2 aromatic carbocycles. The lowest BCUT2D eigenvalue weighted by atomic mass is 9.95. The average molecular weight is 424 g/mol. The molecule has 0 spiro atoms. The average Bonchev–Trinajstić information content (AvgIpc) is 2.61. The van der Waals surface area contributed by atoms with E-state index in [2.05, 4.69) is 20.7 Å². The Hall–Kier alpha value is -2.71. The SMILES string of the molecule is CC1=C(C(=O)Nc2cccc(Cl)c2)[C@@H](c2ccc(OC(F)F)cc2)NC(=S)N1. The van der Waals surface area contributed by atoms with E-state index in [9.17, 15) is 13.6 Å². The molecular formula is C19H16ClF2N3O2S. The van der Waals surface area contributed by atoms with Gasteiger partial charge in [0.2, 0.25) is 0 Å². The van der Waals surface area contributed by atoms with Crippen molar-refractivity contribution < 1.29 is 18.3 Å². The molecule has 0 radical (unpaired) electrons. The number of alkyl halides is 2. The molecule has 0 saturated carbocycles. The third-order valence-electron chi connectivity index (χ3n) is 4.03. The standard InChI is InChI=1S/C19H16ClF2N3O2S/c1-10-15(17(26)24-13-4-2-3-12(20)9-13)16(25-19(28)23-10)11-5-7-14(8-6-11)27-18(21)22/h2-9,16,18H,1H3,(H,24,26)(H2,23,25,28)/t16-/m1/s1. The minimum atomic E-state index is -2.91.